The predicted molar refractivity (Wildman–Crippen MR) is 78.6 cm³/mol. The van der Waals surface area contributed by atoms with E-state index < -0.39 is 15.5 Å². The number of thiocarbonyl (C=S) groups is 1. The molecule has 0 aliphatic carbocycles. The molecule has 1 aromatic rings. The van der Waals surface area contributed by atoms with Gasteiger partial charge in [0.15, 0.2) is 0 Å². The Kier molecular flexibility index (Phi) is 4.52. The van der Waals surface area contributed by atoms with Crippen LogP contribution in [-0.4, -0.2) is 36.6 Å². The highest BCUT2D eigenvalue weighted by Gasteiger charge is 2.46. The van der Waals surface area contributed by atoms with Crippen LogP contribution in [-0.2, 0) is 21.3 Å². The SMILES string of the molecule is CC1CN(Cc2ccccc2NS(=O)(=O)C(F)(F)F)C(=S)O1. The average Bonchev–Trinajstić information content (AvgIpc) is 2.68. The van der Waals surface area contributed by atoms with Crippen molar-refractivity contribution >= 4 is 33.1 Å². The third kappa shape index (κ3) is 3.61. The topological polar surface area (TPSA) is 58.6 Å². The van der Waals surface area contributed by atoms with Crippen LogP contribution in [0, 0.1) is 0 Å². The van der Waals surface area contributed by atoms with Crippen molar-refractivity contribution in [1.82, 2.24) is 4.90 Å². The van der Waals surface area contributed by atoms with E-state index >= 15 is 0 Å². The second-order valence-corrected chi connectivity index (χ2v) is 6.81. The standard InChI is InChI=1S/C12H13F3N2O3S2/c1-8-6-17(11(21)20-8)7-9-4-2-3-5-10(9)16-22(18,19)12(13,14)15/h2-5,8,16H,6-7H2,1H3. The molecule has 122 valence electrons. The molecule has 1 atom stereocenters. The lowest BCUT2D eigenvalue weighted by atomic mass is 10.1. The van der Waals surface area contributed by atoms with Crippen LogP contribution in [0.4, 0.5) is 18.9 Å². The molecule has 1 aliphatic heterocycles. The smallest absolute Gasteiger partial charge is 0.466 e. The van der Waals surface area contributed by atoms with E-state index in [1.807, 2.05) is 6.92 Å². The summed E-state index contributed by atoms with van der Waals surface area (Å²) < 4.78 is 66.7. The number of benzene rings is 1. The summed E-state index contributed by atoms with van der Waals surface area (Å²) in [5.41, 5.74) is -5.14. The number of nitrogens with zero attached hydrogens (tertiary/aromatic N) is 1. The summed E-state index contributed by atoms with van der Waals surface area (Å²) in [6.45, 7) is 2.45. The predicted octanol–water partition coefficient (Wildman–Crippen LogP) is 2.45. The Morgan fingerprint density at radius 1 is 1.41 bits per heavy atom. The fourth-order valence-corrected chi connectivity index (χ4v) is 2.87. The van der Waals surface area contributed by atoms with Crippen LogP contribution in [0.2, 0.25) is 0 Å². The molecule has 22 heavy (non-hydrogen) atoms. The van der Waals surface area contributed by atoms with Crippen LogP contribution in [0.5, 0.6) is 0 Å². The molecular weight excluding hydrogens is 341 g/mol. The Balaban J connectivity index is 2.23. The van der Waals surface area contributed by atoms with Gasteiger partial charge in [0.1, 0.15) is 6.10 Å². The monoisotopic (exact) mass is 354 g/mol. The minimum absolute atomic E-state index is 0.119. The first-order valence-electron chi connectivity index (χ1n) is 6.23. The van der Waals surface area contributed by atoms with Crippen LogP contribution in [0.15, 0.2) is 24.3 Å². The summed E-state index contributed by atoms with van der Waals surface area (Å²) in [5, 5.41) is 0.237. The maximum absolute atomic E-state index is 12.5. The van der Waals surface area contributed by atoms with Crippen molar-refractivity contribution in [3.63, 3.8) is 0 Å². The zero-order chi connectivity index (χ0) is 16.5. The summed E-state index contributed by atoms with van der Waals surface area (Å²) in [4.78, 5) is 1.65. The number of para-hydroxylation sites is 1. The highest BCUT2D eigenvalue weighted by Crippen LogP contribution is 2.28. The van der Waals surface area contributed by atoms with E-state index in [1.165, 1.54) is 18.2 Å². The van der Waals surface area contributed by atoms with Crippen LogP contribution >= 0.6 is 12.2 Å². The van der Waals surface area contributed by atoms with Gasteiger partial charge in [-0.2, -0.15) is 21.6 Å². The van der Waals surface area contributed by atoms with E-state index in [4.69, 9.17) is 17.0 Å². The molecule has 0 aromatic heterocycles. The highest BCUT2D eigenvalue weighted by molar-refractivity contribution is 7.93. The Morgan fingerprint density at radius 3 is 2.59 bits per heavy atom. The lowest BCUT2D eigenvalue weighted by molar-refractivity contribution is -0.0429. The van der Waals surface area contributed by atoms with Crippen LogP contribution in [0.3, 0.4) is 0 Å². The lowest BCUT2D eigenvalue weighted by Crippen LogP contribution is -2.31. The number of halogens is 3. The van der Waals surface area contributed by atoms with Gasteiger partial charge >= 0.3 is 15.5 Å². The number of sulfonamides is 1. The van der Waals surface area contributed by atoms with Crippen molar-refractivity contribution in [2.24, 2.45) is 0 Å². The molecule has 1 aromatic carbocycles. The van der Waals surface area contributed by atoms with E-state index in [0.29, 0.717) is 12.1 Å². The molecule has 0 saturated carbocycles. The summed E-state index contributed by atoms with van der Waals surface area (Å²) in [5.74, 6) is 0. The van der Waals surface area contributed by atoms with E-state index in [9.17, 15) is 21.6 Å². The Hall–Kier alpha value is -1.55. The Morgan fingerprint density at radius 2 is 2.05 bits per heavy atom. The molecule has 1 N–H and O–H groups in total. The minimum atomic E-state index is -5.46. The Bertz CT molecular complexity index is 676. The lowest BCUT2D eigenvalue weighted by Gasteiger charge is -2.18. The highest BCUT2D eigenvalue weighted by atomic mass is 32.2. The third-order valence-electron chi connectivity index (χ3n) is 2.97. The van der Waals surface area contributed by atoms with Gasteiger partial charge in [-0.25, -0.2) is 0 Å². The molecule has 1 fully saturated rings. The molecular formula is C12H13F3N2O3S2. The maximum Gasteiger partial charge on any atom is 0.516 e. The van der Waals surface area contributed by atoms with Gasteiger partial charge in [0.2, 0.25) is 0 Å². The summed E-state index contributed by atoms with van der Waals surface area (Å²) >= 11 is 5.01. The summed E-state index contributed by atoms with van der Waals surface area (Å²) in [7, 11) is -5.46. The number of ether oxygens (including phenoxy) is 1. The van der Waals surface area contributed by atoms with Crippen molar-refractivity contribution < 1.29 is 26.3 Å². The van der Waals surface area contributed by atoms with Crippen molar-refractivity contribution in [3.05, 3.63) is 29.8 Å². The summed E-state index contributed by atoms with van der Waals surface area (Å²) in [6.07, 6.45) is -0.119. The fourth-order valence-electron chi connectivity index (χ4n) is 1.96. The van der Waals surface area contributed by atoms with Gasteiger partial charge in [0.05, 0.1) is 12.2 Å². The fraction of sp³-hybridized carbons (Fsp3) is 0.417. The van der Waals surface area contributed by atoms with E-state index in [1.54, 1.807) is 15.7 Å². The van der Waals surface area contributed by atoms with Gasteiger partial charge in [-0.1, -0.05) is 18.2 Å². The molecule has 0 radical (unpaired) electrons. The van der Waals surface area contributed by atoms with Crippen LogP contribution in [0.25, 0.3) is 0 Å². The third-order valence-corrected chi connectivity index (χ3v) is 4.42. The molecule has 0 amide bonds. The normalized spacial score (nSPS) is 19.2. The van der Waals surface area contributed by atoms with Crippen molar-refractivity contribution in [2.75, 3.05) is 11.3 Å². The second kappa shape index (κ2) is 5.92. The van der Waals surface area contributed by atoms with E-state index in [2.05, 4.69) is 0 Å². The van der Waals surface area contributed by atoms with Crippen LogP contribution in [0.1, 0.15) is 12.5 Å². The summed E-state index contributed by atoms with van der Waals surface area (Å²) in [6, 6.07) is 5.84. The van der Waals surface area contributed by atoms with Gasteiger partial charge in [0, 0.05) is 6.54 Å². The maximum atomic E-state index is 12.5. The first-order chi connectivity index (χ1) is 10.1. The molecule has 5 nitrogen and oxygen atoms in total. The van der Waals surface area contributed by atoms with Gasteiger partial charge in [-0.15, -0.1) is 0 Å². The first kappa shape index (κ1) is 16.8. The molecule has 2 rings (SSSR count). The van der Waals surface area contributed by atoms with Crippen LogP contribution < -0.4 is 4.72 Å². The van der Waals surface area contributed by atoms with Crippen molar-refractivity contribution in [2.45, 2.75) is 25.1 Å². The average molecular weight is 354 g/mol. The van der Waals surface area contributed by atoms with Gasteiger partial charge in [-0.3, -0.25) is 4.72 Å². The quantitative estimate of drug-likeness (QED) is 0.842. The van der Waals surface area contributed by atoms with Gasteiger partial charge in [-0.05, 0) is 30.8 Å². The number of alkyl halides is 3. The number of anilines is 1. The zero-order valence-corrected chi connectivity index (χ0v) is 13.1. The zero-order valence-electron chi connectivity index (χ0n) is 11.4. The number of rotatable bonds is 4. The molecule has 10 heteroatoms. The molecule has 1 saturated heterocycles. The van der Waals surface area contributed by atoms with Gasteiger partial charge < -0.3 is 9.64 Å². The van der Waals surface area contributed by atoms with Gasteiger partial charge in [0.25, 0.3) is 5.17 Å². The van der Waals surface area contributed by atoms with Crippen molar-refractivity contribution in [1.29, 1.82) is 0 Å². The van der Waals surface area contributed by atoms with E-state index in [0.717, 1.165) is 0 Å². The largest absolute Gasteiger partial charge is 0.516 e. The molecule has 1 heterocycles. The Labute approximate surface area is 131 Å². The molecule has 0 spiro atoms. The number of nitrogens with one attached hydrogen (secondary N) is 1. The molecule has 0 bridgehead atoms. The van der Waals surface area contributed by atoms with E-state index in [-0.39, 0.29) is 23.5 Å². The number of hydrogen-bond donors (Lipinski definition) is 1. The number of hydrogen-bond acceptors (Lipinski definition) is 4. The first-order valence-corrected chi connectivity index (χ1v) is 8.12. The molecule has 1 unspecified atom stereocenters. The molecule has 1 aliphatic rings. The second-order valence-electron chi connectivity index (χ2n) is 4.78. The van der Waals surface area contributed by atoms with Crippen molar-refractivity contribution in [3.8, 4) is 0 Å². The minimum Gasteiger partial charge on any atom is -0.466 e.